The van der Waals surface area contributed by atoms with Crippen LogP contribution in [0.25, 0.3) is 0 Å². The first-order valence-electron chi connectivity index (χ1n) is 7.48. The number of carbonyl (C=O) groups is 1. The Kier molecular flexibility index (Phi) is 6.25. The topological polar surface area (TPSA) is 83.1 Å². The zero-order valence-electron chi connectivity index (χ0n) is 14.2. The van der Waals surface area contributed by atoms with E-state index in [1.165, 1.54) is 0 Å². The molecule has 2 rings (SSSR count). The largest absolute Gasteiger partial charge is 0.497 e. The van der Waals surface area contributed by atoms with Crippen LogP contribution in [0.1, 0.15) is 16.7 Å². The summed E-state index contributed by atoms with van der Waals surface area (Å²) in [6.45, 7) is 3.43. The van der Waals surface area contributed by atoms with Crippen LogP contribution in [0.5, 0.6) is 11.5 Å². The van der Waals surface area contributed by atoms with Gasteiger partial charge in [-0.2, -0.15) is 0 Å². The zero-order valence-corrected chi connectivity index (χ0v) is 15.0. The number of carbonyl (C=O) groups excluding carboxylic acids is 1. The van der Waals surface area contributed by atoms with Crippen molar-refractivity contribution < 1.29 is 19.1 Å². The Bertz CT molecular complexity index is 765. The molecule has 2 aromatic rings. The number of nitrogens with zero attached hydrogens (tertiary/aromatic N) is 1. The molecule has 0 aliphatic heterocycles. The van der Waals surface area contributed by atoms with Gasteiger partial charge in [0.2, 0.25) is 0 Å². The lowest BCUT2D eigenvalue weighted by molar-refractivity contribution is -0.146. The van der Waals surface area contributed by atoms with Crippen molar-refractivity contribution >= 4 is 23.4 Å². The van der Waals surface area contributed by atoms with Crippen LogP contribution in [0.4, 0.5) is 0 Å². The standard InChI is InChI=1S/C18H19ClN2O4/c1-11-8-15(9-12(2)17(11)19)24-10-16(22)25-21-18(20)13-4-6-14(23-3)7-5-13/h4-9H,10H2,1-3H3,(H2,20,21). The second-order valence-electron chi connectivity index (χ2n) is 5.33. The summed E-state index contributed by atoms with van der Waals surface area (Å²) < 4.78 is 10.4. The van der Waals surface area contributed by atoms with Gasteiger partial charge in [-0.3, -0.25) is 0 Å². The van der Waals surface area contributed by atoms with Crippen LogP contribution in [0.3, 0.4) is 0 Å². The van der Waals surface area contributed by atoms with Crippen molar-refractivity contribution in [2.45, 2.75) is 13.8 Å². The average molecular weight is 363 g/mol. The van der Waals surface area contributed by atoms with E-state index in [2.05, 4.69) is 5.16 Å². The molecule has 2 N–H and O–H groups in total. The number of oxime groups is 1. The molecule has 0 saturated carbocycles. The Morgan fingerprint density at radius 2 is 1.72 bits per heavy atom. The van der Waals surface area contributed by atoms with Gasteiger partial charge < -0.3 is 20.0 Å². The Balaban J connectivity index is 1.91. The third kappa shape index (κ3) is 5.12. The SMILES string of the molecule is COc1ccc(/C(N)=N/OC(=O)COc2cc(C)c(Cl)c(C)c2)cc1. The van der Waals surface area contributed by atoms with E-state index >= 15 is 0 Å². The molecule has 132 valence electrons. The van der Waals surface area contributed by atoms with Crippen molar-refractivity contribution in [3.8, 4) is 11.5 Å². The summed E-state index contributed by atoms with van der Waals surface area (Å²) in [5, 5.41) is 4.29. The fourth-order valence-corrected chi connectivity index (χ4v) is 2.18. The summed E-state index contributed by atoms with van der Waals surface area (Å²) >= 11 is 6.09. The van der Waals surface area contributed by atoms with E-state index in [-0.39, 0.29) is 12.4 Å². The van der Waals surface area contributed by atoms with E-state index < -0.39 is 5.97 Å². The number of benzene rings is 2. The van der Waals surface area contributed by atoms with Crippen LogP contribution >= 0.6 is 11.6 Å². The molecule has 0 amide bonds. The molecule has 0 radical (unpaired) electrons. The molecule has 2 aromatic carbocycles. The second-order valence-corrected chi connectivity index (χ2v) is 5.71. The van der Waals surface area contributed by atoms with E-state index in [0.29, 0.717) is 22.1 Å². The molecule has 0 atom stereocenters. The molecule has 0 fully saturated rings. The quantitative estimate of drug-likeness (QED) is 0.369. The Labute approximate surface area is 151 Å². The second kappa shape index (κ2) is 8.39. The van der Waals surface area contributed by atoms with Gasteiger partial charge in [0.25, 0.3) is 0 Å². The number of rotatable bonds is 6. The van der Waals surface area contributed by atoms with Crippen LogP contribution in [-0.2, 0) is 9.63 Å². The number of hydrogen-bond acceptors (Lipinski definition) is 5. The minimum Gasteiger partial charge on any atom is -0.497 e. The maximum Gasteiger partial charge on any atom is 0.372 e. The molecule has 0 aliphatic rings. The van der Waals surface area contributed by atoms with Crippen molar-refractivity contribution in [3.05, 3.63) is 58.1 Å². The molecule has 0 aliphatic carbocycles. The maximum atomic E-state index is 11.7. The van der Waals surface area contributed by atoms with Gasteiger partial charge in [-0.15, -0.1) is 0 Å². The van der Waals surface area contributed by atoms with E-state index in [4.69, 9.17) is 31.6 Å². The summed E-state index contributed by atoms with van der Waals surface area (Å²) in [6.07, 6.45) is 0. The third-order valence-electron chi connectivity index (χ3n) is 3.40. The van der Waals surface area contributed by atoms with E-state index in [1.54, 1.807) is 43.5 Å². The molecular weight excluding hydrogens is 344 g/mol. The van der Waals surface area contributed by atoms with Crippen LogP contribution in [0.2, 0.25) is 5.02 Å². The van der Waals surface area contributed by atoms with Crippen molar-refractivity contribution in [1.29, 1.82) is 0 Å². The Hall–Kier alpha value is -2.73. The zero-order chi connectivity index (χ0) is 18.4. The number of methoxy groups -OCH3 is 1. The molecule has 0 bridgehead atoms. The molecule has 0 aromatic heterocycles. The third-order valence-corrected chi connectivity index (χ3v) is 3.99. The fraction of sp³-hybridized carbons (Fsp3) is 0.222. The Morgan fingerprint density at radius 3 is 2.28 bits per heavy atom. The highest BCUT2D eigenvalue weighted by atomic mass is 35.5. The molecule has 0 saturated heterocycles. The summed E-state index contributed by atoms with van der Waals surface area (Å²) in [4.78, 5) is 16.5. The average Bonchev–Trinajstić information content (AvgIpc) is 2.62. The first-order valence-corrected chi connectivity index (χ1v) is 7.85. The van der Waals surface area contributed by atoms with Crippen molar-refractivity contribution in [2.24, 2.45) is 10.9 Å². The van der Waals surface area contributed by atoms with Gasteiger partial charge in [0.1, 0.15) is 11.5 Å². The fourth-order valence-electron chi connectivity index (χ4n) is 2.07. The van der Waals surface area contributed by atoms with Crippen LogP contribution in [0, 0.1) is 13.8 Å². The van der Waals surface area contributed by atoms with Crippen LogP contribution in [0.15, 0.2) is 41.6 Å². The maximum absolute atomic E-state index is 11.7. The highest BCUT2D eigenvalue weighted by Gasteiger charge is 2.08. The minimum absolute atomic E-state index is 0.0779. The first-order chi connectivity index (χ1) is 11.9. The monoisotopic (exact) mass is 362 g/mol. The molecule has 25 heavy (non-hydrogen) atoms. The van der Waals surface area contributed by atoms with Crippen LogP contribution in [-0.4, -0.2) is 25.5 Å². The van der Waals surface area contributed by atoms with Crippen molar-refractivity contribution in [2.75, 3.05) is 13.7 Å². The van der Waals surface area contributed by atoms with Gasteiger partial charge in [0, 0.05) is 10.6 Å². The molecule has 0 heterocycles. The number of nitrogens with two attached hydrogens (primary N) is 1. The molecule has 6 nitrogen and oxygen atoms in total. The van der Waals surface area contributed by atoms with Gasteiger partial charge in [-0.1, -0.05) is 16.8 Å². The van der Waals surface area contributed by atoms with E-state index in [1.807, 2.05) is 13.8 Å². The predicted octanol–water partition coefficient (Wildman–Crippen LogP) is 3.21. The van der Waals surface area contributed by atoms with Gasteiger partial charge in [0.15, 0.2) is 12.4 Å². The van der Waals surface area contributed by atoms with Crippen LogP contribution < -0.4 is 15.2 Å². The molecule has 0 spiro atoms. The smallest absolute Gasteiger partial charge is 0.372 e. The molecular formula is C18H19ClN2O4. The number of hydrogen-bond donors (Lipinski definition) is 1. The van der Waals surface area contributed by atoms with Gasteiger partial charge in [-0.05, 0) is 61.4 Å². The van der Waals surface area contributed by atoms with Gasteiger partial charge in [0.05, 0.1) is 7.11 Å². The highest BCUT2D eigenvalue weighted by Crippen LogP contribution is 2.25. The predicted molar refractivity (Wildman–Crippen MR) is 96.2 cm³/mol. The van der Waals surface area contributed by atoms with Crippen molar-refractivity contribution in [1.82, 2.24) is 0 Å². The van der Waals surface area contributed by atoms with Gasteiger partial charge >= 0.3 is 5.97 Å². The summed E-state index contributed by atoms with van der Waals surface area (Å²) in [5.41, 5.74) is 8.12. The lowest BCUT2D eigenvalue weighted by Crippen LogP contribution is -2.18. The Morgan fingerprint density at radius 1 is 1.12 bits per heavy atom. The first kappa shape index (κ1) is 18.6. The molecule has 0 unspecified atom stereocenters. The normalized spacial score (nSPS) is 11.1. The van der Waals surface area contributed by atoms with Crippen molar-refractivity contribution in [3.63, 3.8) is 0 Å². The number of amidine groups is 1. The molecule has 7 heteroatoms. The van der Waals surface area contributed by atoms with E-state index in [0.717, 1.165) is 11.1 Å². The number of halogens is 1. The lowest BCUT2D eigenvalue weighted by atomic mass is 10.1. The highest BCUT2D eigenvalue weighted by molar-refractivity contribution is 6.32. The van der Waals surface area contributed by atoms with E-state index in [9.17, 15) is 4.79 Å². The lowest BCUT2D eigenvalue weighted by Gasteiger charge is -2.08. The minimum atomic E-state index is -0.665. The summed E-state index contributed by atoms with van der Waals surface area (Å²) in [6, 6.07) is 10.4. The summed E-state index contributed by atoms with van der Waals surface area (Å²) in [5.74, 6) is 0.634. The summed E-state index contributed by atoms with van der Waals surface area (Å²) in [7, 11) is 1.57. The number of ether oxygens (including phenoxy) is 2. The van der Waals surface area contributed by atoms with Gasteiger partial charge in [-0.25, -0.2) is 4.79 Å². The number of aryl methyl sites for hydroxylation is 2.